The monoisotopic (exact) mass is 826 g/mol. The van der Waals surface area contributed by atoms with Crippen LogP contribution in [0.4, 0.5) is 26.3 Å². The average Bonchev–Trinajstić information content (AvgIpc) is 3.93. The van der Waals surface area contributed by atoms with Crippen LogP contribution in [0.2, 0.25) is 0 Å². The number of aromatic nitrogens is 2. The number of carbonyl (C=O) groups excluding carboxylic acids is 1. The second kappa shape index (κ2) is 8.75. The molecule has 0 N–H and O–H groups in total. The third-order valence-electron chi connectivity index (χ3n) is 18.9. The molecule has 8 aliphatic rings. The quantitative estimate of drug-likeness (QED) is 0.0751. The van der Waals surface area contributed by atoms with Crippen LogP contribution in [0.1, 0.15) is 112 Å². The first-order valence-electron chi connectivity index (χ1n) is 22.0. The number of methoxy groups -OCH3 is 1. The Hall–Kier alpha value is -5.77. The first-order valence-corrected chi connectivity index (χ1v) is 22.0. The molecule has 8 aliphatic carbocycles. The van der Waals surface area contributed by atoms with Crippen molar-refractivity contribution in [2.75, 3.05) is 7.11 Å². The Balaban J connectivity index is 1.08. The van der Waals surface area contributed by atoms with Gasteiger partial charge in [0.2, 0.25) is 0 Å². The number of hydrogen-bond acceptors (Lipinski definition) is 4. The van der Waals surface area contributed by atoms with Gasteiger partial charge >= 0.3 is 18.3 Å². The van der Waals surface area contributed by atoms with E-state index in [1.165, 1.54) is 104 Å². The first kappa shape index (κ1) is 32.0. The highest BCUT2D eigenvalue weighted by Gasteiger charge is 2.73. The summed E-state index contributed by atoms with van der Waals surface area (Å²) in [4.78, 5) is 21.0. The van der Waals surface area contributed by atoms with E-state index < -0.39 is 52.8 Å². The maximum absolute atomic E-state index is 14.8. The number of hydrogen-bond donors (Lipinski definition) is 0. The Morgan fingerprint density at radius 2 is 1.31 bits per heavy atom. The largest absolute Gasteiger partial charge is 0.469 e. The Morgan fingerprint density at radius 3 is 2.06 bits per heavy atom. The zero-order valence-electron chi connectivity index (χ0n) is 32.8. The number of ether oxygens (including phenoxy) is 1. The molecule has 1 heterocycles. The lowest BCUT2D eigenvalue weighted by atomic mass is 9.64. The smallest absolute Gasteiger partial charge is 0.433 e. The van der Waals surface area contributed by atoms with Crippen LogP contribution in [0.25, 0.3) is 91.8 Å². The topological polar surface area (TPSA) is 52.1 Å². The maximum Gasteiger partial charge on any atom is 0.433 e. The predicted molar refractivity (Wildman–Crippen MR) is 222 cm³/mol. The minimum atomic E-state index is -5.15. The third-order valence-corrected chi connectivity index (χ3v) is 18.9. The number of rotatable bonds is 5. The second-order valence-electron chi connectivity index (χ2n) is 20.4. The van der Waals surface area contributed by atoms with Crippen molar-refractivity contribution in [3.8, 4) is 0 Å². The molecule has 2 fully saturated rings. The molecule has 10 unspecified atom stereocenters. The number of benzene rings is 5. The van der Waals surface area contributed by atoms with E-state index >= 15 is 0 Å². The molecule has 1 aromatic heterocycles. The zero-order chi connectivity index (χ0) is 41.1. The lowest BCUT2D eigenvalue weighted by molar-refractivity contribution is -0.148. The van der Waals surface area contributed by atoms with E-state index in [4.69, 9.17) is 4.74 Å². The van der Waals surface area contributed by atoms with Crippen LogP contribution in [0.5, 0.6) is 0 Å². The summed E-state index contributed by atoms with van der Waals surface area (Å²) in [5, 5.41) is 21.8. The van der Waals surface area contributed by atoms with Gasteiger partial charge in [-0.2, -0.15) is 26.3 Å². The number of nitrogens with zero attached hydrogens (tertiary/aromatic N) is 2. The number of esters is 1. The van der Waals surface area contributed by atoms with Crippen molar-refractivity contribution in [3.05, 3.63) is 98.3 Å². The van der Waals surface area contributed by atoms with Gasteiger partial charge in [-0.05, 0) is 173 Å². The lowest BCUT2D eigenvalue weighted by Gasteiger charge is -2.39. The van der Waals surface area contributed by atoms with Crippen molar-refractivity contribution in [1.82, 2.24) is 9.97 Å². The van der Waals surface area contributed by atoms with Gasteiger partial charge in [0.05, 0.1) is 7.11 Å². The summed E-state index contributed by atoms with van der Waals surface area (Å²) < 4.78 is 93.8. The Kier molecular flexibility index (Phi) is 4.51. The fourth-order valence-corrected chi connectivity index (χ4v) is 17.6. The molecule has 10 aromatic rings. The summed E-state index contributed by atoms with van der Waals surface area (Å²) in [6, 6.07) is 9.22. The van der Waals surface area contributed by atoms with Gasteiger partial charge < -0.3 is 4.74 Å². The SMILES string of the molecule is COC(=O)CCCC1(c2nc(C(F)(F)F)cc(C(F)(F)F)n2)C2c3c4c5c6c3c3c(c7ccc8c9ccc%10c%11c%12c%13c(c6c6c%13c(c%119)c8c7c36)=C3C5C(C4C)C4C=CC%10C%12C34)C21. The zero-order valence-corrected chi connectivity index (χ0v) is 32.8. The second-order valence-corrected chi connectivity index (χ2v) is 20.4. The number of allylic oxidation sites excluding steroid dienone is 2. The summed E-state index contributed by atoms with van der Waals surface area (Å²) in [5.41, 5.74) is 4.82. The molecule has 9 aromatic carbocycles. The fourth-order valence-electron chi connectivity index (χ4n) is 17.6. The molecule has 62 heavy (non-hydrogen) atoms. The van der Waals surface area contributed by atoms with Crippen LogP contribution in [0.3, 0.4) is 0 Å². The normalized spacial score (nSPS) is 31.3. The maximum atomic E-state index is 14.8. The average molecular weight is 827 g/mol. The molecule has 4 nitrogen and oxygen atoms in total. The van der Waals surface area contributed by atoms with Crippen LogP contribution in [0.15, 0.2) is 42.5 Å². The Morgan fingerprint density at radius 1 is 0.677 bits per heavy atom. The van der Waals surface area contributed by atoms with E-state index in [-0.39, 0.29) is 37.2 Å². The summed E-state index contributed by atoms with van der Waals surface area (Å²) in [6.07, 6.45) is -4.95. The van der Waals surface area contributed by atoms with Crippen molar-refractivity contribution in [1.29, 1.82) is 0 Å². The summed E-state index contributed by atoms with van der Waals surface area (Å²) in [5.74, 6) is 0.0923. The molecule has 2 saturated carbocycles. The molecule has 10 atom stereocenters. The van der Waals surface area contributed by atoms with E-state index in [1.54, 1.807) is 11.1 Å². The Labute approximate surface area is 345 Å². The molecule has 300 valence electrons. The van der Waals surface area contributed by atoms with Crippen molar-refractivity contribution in [3.63, 3.8) is 0 Å². The summed E-state index contributed by atoms with van der Waals surface area (Å²) in [7, 11) is 1.29. The van der Waals surface area contributed by atoms with Gasteiger partial charge in [0.1, 0.15) is 17.2 Å². The van der Waals surface area contributed by atoms with E-state index in [0.717, 1.165) is 21.9 Å². The van der Waals surface area contributed by atoms with Crippen molar-refractivity contribution < 1.29 is 35.9 Å². The van der Waals surface area contributed by atoms with Crippen LogP contribution in [0, 0.1) is 17.8 Å². The highest BCUT2D eigenvalue weighted by atomic mass is 19.4. The minimum Gasteiger partial charge on any atom is -0.469 e. The van der Waals surface area contributed by atoms with Gasteiger partial charge in [0, 0.05) is 41.4 Å². The molecule has 0 amide bonds. The van der Waals surface area contributed by atoms with E-state index in [2.05, 4.69) is 53.3 Å². The summed E-state index contributed by atoms with van der Waals surface area (Å²) in [6.45, 7) is 2.35. The molecule has 0 bridgehead atoms. The van der Waals surface area contributed by atoms with Gasteiger partial charge in [-0.3, -0.25) is 4.79 Å². The molecule has 0 spiro atoms. The van der Waals surface area contributed by atoms with Crippen LogP contribution >= 0.6 is 0 Å². The van der Waals surface area contributed by atoms with Crippen molar-refractivity contribution >= 4 is 97.7 Å². The molecule has 10 heteroatoms. The van der Waals surface area contributed by atoms with Crippen LogP contribution < -0.4 is 5.22 Å². The van der Waals surface area contributed by atoms with E-state index in [9.17, 15) is 31.1 Å². The van der Waals surface area contributed by atoms with Gasteiger partial charge in [0.15, 0.2) is 0 Å². The van der Waals surface area contributed by atoms with Gasteiger partial charge in [0.25, 0.3) is 0 Å². The predicted octanol–water partition coefficient (Wildman–Crippen LogP) is 12.1. The van der Waals surface area contributed by atoms with Crippen LogP contribution in [-0.4, -0.2) is 23.0 Å². The Bertz CT molecular complexity index is 4000. The molecule has 0 radical (unpaired) electrons. The number of fused-ring (bicyclic) bond motifs is 8. The molecular formula is C52H28F6N2O2. The highest BCUT2D eigenvalue weighted by Crippen LogP contribution is 2.83. The molecule has 0 saturated heterocycles. The van der Waals surface area contributed by atoms with Gasteiger partial charge in [-0.15, -0.1) is 0 Å². The minimum absolute atomic E-state index is 0.0331. The van der Waals surface area contributed by atoms with E-state index in [0.29, 0.717) is 29.6 Å². The molecule has 18 rings (SSSR count). The highest BCUT2D eigenvalue weighted by molar-refractivity contribution is 6.57. The molecule has 0 aliphatic heterocycles. The lowest BCUT2D eigenvalue weighted by Crippen LogP contribution is -2.32. The number of halogens is 6. The van der Waals surface area contributed by atoms with Gasteiger partial charge in [-0.25, -0.2) is 9.97 Å². The number of carbonyl (C=O) groups is 1. The van der Waals surface area contributed by atoms with Crippen molar-refractivity contribution in [2.24, 2.45) is 17.8 Å². The molecular weight excluding hydrogens is 799 g/mol. The van der Waals surface area contributed by atoms with Gasteiger partial charge in [-0.1, -0.05) is 43.3 Å². The fraction of sp³-hybridized carbons (Fsp3) is 0.327. The first-order chi connectivity index (χ1) is 29.9. The number of alkyl halides is 6. The van der Waals surface area contributed by atoms with E-state index in [1.807, 2.05) is 0 Å². The van der Waals surface area contributed by atoms with Crippen LogP contribution in [-0.2, 0) is 27.3 Å². The third kappa shape index (κ3) is 2.71. The summed E-state index contributed by atoms with van der Waals surface area (Å²) >= 11 is 0. The van der Waals surface area contributed by atoms with Crippen molar-refractivity contribution in [2.45, 2.75) is 79.5 Å². The standard InChI is InChI=1S/C52H28F6N2O2/c1-13-23-18-9-7-16-14-5-6-15-17-8-10-19-30-28(17)35-26(15)25(14)34-27(16)29(18)36-32(23)33-24(13)46-45-38(37(30)43-41(35)40(34)42(36)44(43)39(33)45)31(19)47-48(46)50(47,11-3-4-22(61)62-2)49-59-20(51(53,54)55)12-21(60-49)52(56,57)58/h5-10,12-13,16,18,23,27,29,32,47-48H,3-4,11H2,1-2H3.